The molecule has 5 unspecified atom stereocenters. The molecule has 0 radical (unpaired) electrons. The molecule has 5 aromatic carbocycles. The summed E-state index contributed by atoms with van der Waals surface area (Å²) in [7, 11) is 3.25. The fraction of sp³-hybridized carbons (Fsp3) is 0.312. The number of hydrogen-bond acceptors (Lipinski definition) is 0. The van der Waals surface area contributed by atoms with Crippen LogP contribution in [0.15, 0.2) is 72.8 Å². The molecule has 2 heteroatoms. The van der Waals surface area contributed by atoms with Crippen LogP contribution in [0.2, 0.25) is 43.3 Å². The molecule has 10 fully saturated rings. The Morgan fingerprint density at radius 1 is 0.529 bits per heavy atom. The van der Waals surface area contributed by atoms with E-state index in [1.165, 1.54) is 81.1 Å². The van der Waals surface area contributed by atoms with Crippen molar-refractivity contribution in [1.82, 2.24) is 0 Å². The Morgan fingerprint density at radius 2 is 1.06 bits per heavy atom. The Bertz CT molecular complexity index is 2370. The first-order valence-electron chi connectivity index (χ1n) is 13.3. The number of benzene rings is 5. The second-order valence-electron chi connectivity index (χ2n) is 16.0. The average Bonchev–Trinajstić information content (AvgIpc) is 3.80. The first-order valence-corrected chi connectivity index (χ1v) is 20.1. The van der Waals surface area contributed by atoms with Crippen molar-refractivity contribution < 1.29 is 6.51 Å². The second kappa shape index (κ2) is 2.02. The Kier molecular flexibility index (Phi) is 0.867. The maximum absolute atomic E-state index is 3.25. The molecular formula is C32H23FeP. The average molecular weight is 494 g/mol. The molecule has 10 aliphatic heterocycles. The van der Waals surface area contributed by atoms with Crippen molar-refractivity contribution in [3.63, 3.8) is 0 Å². The van der Waals surface area contributed by atoms with Gasteiger partial charge in [0.25, 0.3) is 0 Å². The Hall–Kier alpha value is -1.91. The van der Waals surface area contributed by atoms with Crippen LogP contribution >= 0.6 is 9.24 Å². The summed E-state index contributed by atoms with van der Waals surface area (Å²) in [6.07, 6.45) is 0. The van der Waals surface area contributed by atoms with Crippen LogP contribution in [-0.4, -0.2) is 0 Å². The van der Waals surface area contributed by atoms with Gasteiger partial charge < -0.3 is 0 Å². The Balaban J connectivity index is 1.15. The van der Waals surface area contributed by atoms with Gasteiger partial charge in [-0.05, 0) is 0 Å². The molecule has 0 nitrogen and oxygen atoms in total. The van der Waals surface area contributed by atoms with Gasteiger partial charge in [0.2, 0.25) is 0 Å². The maximum atomic E-state index is 3.25. The molecule has 0 bridgehead atoms. The molecular weight excluding hydrogens is 471 g/mol. The van der Waals surface area contributed by atoms with E-state index in [-0.39, 0.29) is 0 Å². The van der Waals surface area contributed by atoms with Crippen LogP contribution in [-0.2, 0) is 10.8 Å². The predicted molar refractivity (Wildman–Crippen MR) is 141 cm³/mol. The summed E-state index contributed by atoms with van der Waals surface area (Å²) < 4.78 is 0.792. The fourth-order valence-electron chi connectivity index (χ4n) is 20.9. The van der Waals surface area contributed by atoms with Crippen molar-refractivity contribution in [3.05, 3.63) is 78.4 Å². The van der Waals surface area contributed by atoms with Crippen LogP contribution in [0, 0.1) is 0 Å². The van der Waals surface area contributed by atoms with Crippen molar-refractivity contribution in [3.8, 4) is 0 Å². The van der Waals surface area contributed by atoms with Crippen LogP contribution in [0.3, 0.4) is 0 Å². The van der Waals surface area contributed by atoms with E-state index in [0.717, 1.165) is 4.31 Å². The minimum atomic E-state index is -3.25. The number of rotatable bonds is 1. The fourth-order valence-corrected chi connectivity index (χ4v) is 95.6. The van der Waals surface area contributed by atoms with Crippen molar-refractivity contribution in [1.29, 1.82) is 0 Å². The number of hydrogen-bond donors (Lipinski definition) is 0. The molecule has 0 amide bonds. The summed E-state index contributed by atoms with van der Waals surface area (Å²) >= 11 is 0. The first-order chi connectivity index (χ1) is 16.5. The minimum absolute atomic E-state index is 0.792. The molecule has 0 aliphatic carbocycles. The van der Waals surface area contributed by atoms with Gasteiger partial charge in [0.05, 0.1) is 0 Å². The summed E-state index contributed by atoms with van der Waals surface area (Å²) in [6, 6.07) is 28.5. The van der Waals surface area contributed by atoms with E-state index in [1.54, 1.807) is 10.7 Å². The molecule has 0 saturated carbocycles. The molecule has 34 heavy (non-hydrogen) atoms. The predicted octanol–water partition coefficient (Wildman–Crippen LogP) is 8.60. The molecule has 10 heterocycles. The normalized spacial score (nSPS) is 66.0. The second-order valence-corrected chi connectivity index (χ2v) is 40.2. The molecule has 0 aromatic heterocycles. The summed E-state index contributed by atoms with van der Waals surface area (Å²) in [5, 5.41) is 13.1. The number of fused-ring (bicyclic) bond motifs is 15. The molecule has 1 spiro atoms. The van der Waals surface area contributed by atoms with Gasteiger partial charge in [0.15, 0.2) is 0 Å². The molecule has 10 saturated heterocycles. The SMILES string of the molecule is Pc1ccc2cc3ccc4cc5ccccc5cc4c3cc2c1[C]12[CH]3[CH]4[CH]5[CH]1[Fe]45321678[CH]2[CH]1[CH]6[CH]7[CH]28. The summed E-state index contributed by atoms with van der Waals surface area (Å²) in [6.45, 7) is -3.25. The quantitative estimate of drug-likeness (QED) is 0.0948. The zero-order valence-electron chi connectivity index (χ0n) is 18.6. The van der Waals surface area contributed by atoms with E-state index in [0.29, 0.717) is 0 Å². The van der Waals surface area contributed by atoms with Crippen molar-refractivity contribution >= 4 is 57.6 Å². The van der Waals surface area contributed by atoms with Crippen LogP contribution in [0.1, 0.15) is 5.56 Å². The monoisotopic (exact) mass is 494 g/mol. The van der Waals surface area contributed by atoms with Gasteiger partial charge in [-0.15, -0.1) is 0 Å². The standard InChI is InChI=1S/C27H18P.C5H5.Fe/c28-26-12-11-22-14-21-10-9-20-13-18-7-3-4-8-19(18)15-23(20)24(21)16-25(22)27(26)17-5-1-2-6-17;1-2-4-5-3-1;/h1-16H,28H2;1-5H;. The third kappa shape index (κ3) is 0.329. The van der Waals surface area contributed by atoms with Gasteiger partial charge in [0.1, 0.15) is 0 Å². The molecule has 10 aliphatic rings. The molecule has 5 aromatic rings. The summed E-state index contributed by atoms with van der Waals surface area (Å²) in [5.41, 5.74) is 1.90. The van der Waals surface area contributed by atoms with Gasteiger partial charge in [-0.3, -0.25) is 0 Å². The van der Waals surface area contributed by atoms with Gasteiger partial charge in [-0.2, -0.15) is 0 Å². The molecule has 0 N–H and O–H groups in total. The third-order valence-corrected chi connectivity index (χ3v) is 62.7. The van der Waals surface area contributed by atoms with E-state index in [4.69, 9.17) is 0 Å². The van der Waals surface area contributed by atoms with Crippen LogP contribution in [0.25, 0.3) is 43.1 Å². The topological polar surface area (TPSA) is 0 Å². The van der Waals surface area contributed by atoms with Crippen LogP contribution < -0.4 is 5.30 Å². The van der Waals surface area contributed by atoms with E-state index < -0.39 is 6.51 Å². The third-order valence-electron chi connectivity index (χ3n) is 19.9. The molecule has 15 rings (SSSR count). The first kappa shape index (κ1) is 14.6. The van der Waals surface area contributed by atoms with E-state index in [9.17, 15) is 0 Å². The van der Waals surface area contributed by atoms with Crippen molar-refractivity contribution in [2.75, 3.05) is 0 Å². The Morgan fingerprint density at radius 3 is 1.65 bits per heavy atom. The molecule has 164 valence electrons. The van der Waals surface area contributed by atoms with Crippen molar-refractivity contribution in [2.24, 2.45) is 0 Å². The van der Waals surface area contributed by atoms with Gasteiger partial charge in [-0.1, -0.05) is 0 Å². The van der Waals surface area contributed by atoms with Gasteiger partial charge >= 0.3 is 190 Å². The Labute approximate surface area is 189 Å². The van der Waals surface area contributed by atoms with Gasteiger partial charge in [0, 0.05) is 0 Å². The van der Waals surface area contributed by atoms with E-state index in [1.807, 2.05) is 5.56 Å². The van der Waals surface area contributed by atoms with Crippen molar-refractivity contribution in [2.45, 2.75) is 47.7 Å². The molecule has 5 atom stereocenters. The summed E-state index contributed by atoms with van der Waals surface area (Å²) in [5.74, 6) is 0. The van der Waals surface area contributed by atoms with E-state index in [2.05, 4.69) is 82.0 Å². The van der Waals surface area contributed by atoms with Crippen LogP contribution in [0.4, 0.5) is 0 Å². The van der Waals surface area contributed by atoms with Crippen LogP contribution in [0.5, 0.6) is 0 Å². The zero-order valence-corrected chi connectivity index (χ0v) is 20.8. The summed E-state index contributed by atoms with van der Waals surface area (Å²) in [4.78, 5) is 12.2. The van der Waals surface area contributed by atoms with E-state index >= 15 is 0 Å². The van der Waals surface area contributed by atoms with Gasteiger partial charge in [-0.25, -0.2) is 0 Å². The zero-order chi connectivity index (χ0) is 21.3.